The predicted molar refractivity (Wildman–Crippen MR) is 97.6 cm³/mol. The predicted octanol–water partition coefficient (Wildman–Crippen LogP) is 4.79. The molecule has 0 amide bonds. The number of nitrogens with zero attached hydrogens (tertiary/aromatic N) is 2. The largest absolute Gasteiger partial charge is 0.294 e. The van der Waals surface area contributed by atoms with E-state index in [1.807, 2.05) is 37.3 Å². The van der Waals surface area contributed by atoms with Crippen molar-refractivity contribution in [3.8, 4) is 0 Å². The molecule has 1 heterocycles. The summed E-state index contributed by atoms with van der Waals surface area (Å²) < 4.78 is 3.03. The lowest BCUT2D eigenvalue weighted by molar-refractivity contribution is 0.103. The third kappa shape index (κ3) is 3.75. The molecule has 0 saturated carbocycles. The second kappa shape index (κ2) is 7.47. The van der Waals surface area contributed by atoms with Crippen LogP contribution < -0.4 is 4.72 Å². The lowest BCUT2D eigenvalue weighted by atomic mass is 9.99. The molecule has 2 aromatic carbocycles. The van der Waals surface area contributed by atoms with Crippen LogP contribution in [0, 0.1) is 6.92 Å². The highest BCUT2D eigenvalue weighted by molar-refractivity contribution is 8.00. The zero-order chi connectivity index (χ0) is 16.9. The number of hydrogen-bond donors (Lipinski definition) is 1. The van der Waals surface area contributed by atoms with E-state index in [2.05, 4.69) is 14.7 Å². The van der Waals surface area contributed by atoms with E-state index in [1.165, 1.54) is 11.9 Å². The van der Waals surface area contributed by atoms with E-state index in [0.29, 0.717) is 22.1 Å². The van der Waals surface area contributed by atoms with Gasteiger partial charge in [0.15, 0.2) is 5.78 Å². The highest BCUT2D eigenvalue weighted by Gasteiger charge is 2.15. The number of rotatable bonds is 5. The first kappa shape index (κ1) is 16.5. The normalized spacial score (nSPS) is 10.4. The first-order valence-electron chi connectivity index (χ1n) is 7.25. The van der Waals surface area contributed by atoms with Crippen LogP contribution in [0.5, 0.6) is 0 Å². The van der Waals surface area contributed by atoms with Crippen LogP contribution >= 0.6 is 23.5 Å². The first-order chi connectivity index (χ1) is 11.6. The van der Waals surface area contributed by atoms with Crippen LogP contribution in [-0.2, 0) is 0 Å². The Labute approximate surface area is 149 Å². The Kier molecular flexibility index (Phi) is 5.13. The number of carbonyl (C=O) groups is 1. The van der Waals surface area contributed by atoms with E-state index in [4.69, 9.17) is 11.6 Å². The zero-order valence-corrected chi connectivity index (χ0v) is 14.4. The molecule has 4 nitrogen and oxygen atoms in total. The van der Waals surface area contributed by atoms with Gasteiger partial charge < -0.3 is 0 Å². The molecule has 0 unspecified atom stereocenters. The summed E-state index contributed by atoms with van der Waals surface area (Å²) in [5.41, 5.74) is 2.09. The van der Waals surface area contributed by atoms with Gasteiger partial charge in [0.05, 0.1) is 5.02 Å². The molecule has 0 saturated heterocycles. The van der Waals surface area contributed by atoms with Gasteiger partial charge in [0.2, 0.25) is 5.95 Å². The summed E-state index contributed by atoms with van der Waals surface area (Å²) in [4.78, 5) is 21.7. The van der Waals surface area contributed by atoms with Crippen LogP contribution in [0.2, 0.25) is 5.02 Å². The molecule has 0 bridgehead atoms. The van der Waals surface area contributed by atoms with Crippen molar-refractivity contribution in [2.75, 3.05) is 4.72 Å². The monoisotopic (exact) mass is 355 g/mol. The number of ketones is 1. The number of aromatic nitrogens is 2. The Morgan fingerprint density at radius 3 is 2.50 bits per heavy atom. The van der Waals surface area contributed by atoms with Crippen molar-refractivity contribution in [2.45, 2.75) is 11.8 Å². The fourth-order valence-corrected chi connectivity index (χ4v) is 3.13. The van der Waals surface area contributed by atoms with Crippen molar-refractivity contribution in [3.63, 3.8) is 0 Å². The first-order valence-corrected chi connectivity index (χ1v) is 8.44. The minimum Gasteiger partial charge on any atom is -0.294 e. The van der Waals surface area contributed by atoms with Crippen LogP contribution in [0.25, 0.3) is 0 Å². The van der Waals surface area contributed by atoms with Gasteiger partial charge in [-0.1, -0.05) is 35.9 Å². The molecule has 24 heavy (non-hydrogen) atoms. The number of nitrogens with one attached hydrogen (secondary N) is 1. The van der Waals surface area contributed by atoms with Gasteiger partial charge >= 0.3 is 0 Å². The number of benzene rings is 2. The summed E-state index contributed by atoms with van der Waals surface area (Å²) >= 11 is 7.65. The summed E-state index contributed by atoms with van der Waals surface area (Å²) in [5, 5.41) is 0.420. The average molecular weight is 356 g/mol. The second-order valence-corrected chi connectivity index (χ2v) is 6.35. The highest BCUT2D eigenvalue weighted by atomic mass is 35.5. The Morgan fingerprint density at radius 2 is 1.79 bits per heavy atom. The third-order valence-electron chi connectivity index (χ3n) is 3.40. The van der Waals surface area contributed by atoms with Crippen molar-refractivity contribution in [1.29, 1.82) is 0 Å². The van der Waals surface area contributed by atoms with Gasteiger partial charge in [0, 0.05) is 28.4 Å². The van der Waals surface area contributed by atoms with Crippen molar-refractivity contribution < 1.29 is 4.79 Å². The Hall–Kier alpha value is -2.37. The quantitative estimate of drug-likeness (QED) is 0.526. The smallest absolute Gasteiger partial charge is 0.233 e. The Bertz CT molecular complexity index is 871. The topological polar surface area (TPSA) is 54.9 Å². The van der Waals surface area contributed by atoms with Crippen molar-refractivity contribution in [3.05, 3.63) is 82.6 Å². The van der Waals surface area contributed by atoms with E-state index < -0.39 is 0 Å². The molecule has 6 heteroatoms. The number of halogens is 1. The Balaban J connectivity index is 1.77. The van der Waals surface area contributed by atoms with E-state index in [1.54, 1.807) is 30.6 Å². The second-order valence-electron chi connectivity index (χ2n) is 5.06. The van der Waals surface area contributed by atoms with E-state index in [9.17, 15) is 4.79 Å². The van der Waals surface area contributed by atoms with Crippen LogP contribution in [0.15, 0.2) is 65.8 Å². The van der Waals surface area contributed by atoms with Crippen LogP contribution in [0.3, 0.4) is 0 Å². The molecule has 0 aliphatic heterocycles. The molecular weight excluding hydrogens is 342 g/mol. The maximum Gasteiger partial charge on any atom is 0.233 e. The fraction of sp³-hybridized carbons (Fsp3) is 0.0556. The molecule has 0 atom stereocenters. The lowest BCUT2D eigenvalue weighted by Gasteiger charge is -2.08. The van der Waals surface area contributed by atoms with Gasteiger partial charge in [-0.3, -0.25) is 9.52 Å². The molecule has 1 aromatic heterocycles. The van der Waals surface area contributed by atoms with Crippen LogP contribution in [0.4, 0.5) is 5.95 Å². The van der Waals surface area contributed by atoms with Crippen molar-refractivity contribution in [2.24, 2.45) is 0 Å². The van der Waals surface area contributed by atoms with Gasteiger partial charge in [0.1, 0.15) is 0 Å². The number of aryl methyl sites for hydroxylation is 1. The maximum atomic E-state index is 12.7. The van der Waals surface area contributed by atoms with Gasteiger partial charge in [-0.05, 0) is 48.7 Å². The summed E-state index contributed by atoms with van der Waals surface area (Å²) in [7, 11) is 0. The van der Waals surface area contributed by atoms with Gasteiger partial charge in [-0.25, -0.2) is 9.97 Å². The van der Waals surface area contributed by atoms with Gasteiger partial charge in [-0.2, -0.15) is 0 Å². The van der Waals surface area contributed by atoms with Gasteiger partial charge in [0.25, 0.3) is 0 Å². The molecule has 0 radical (unpaired) electrons. The summed E-state index contributed by atoms with van der Waals surface area (Å²) in [6.07, 6.45) is 3.32. The van der Waals surface area contributed by atoms with Crippen molar-refractivity contribution >= 4 is 35.3 Å². The maximum absolute atomic E-state index is 12.7. The molecule has 3 rings (SSSR count). The van der Waals surface area contributed by atoms with E-state index in [0.717, 1.165) is 10.5 Å². The zero-order valence-electron chi connectivity index (χ0n) is 12.9. The third-order valence-corrected chi connectivity index (χ3v) is 4.49. The molecule has 0 aliphatic carbocycles. The minimum atomic E-state index is -0.0750. The van der Waals surface area contributed by atoms with Crippen LogP contribution in [0.1, 0.15) is 21.5 Å². The molecule has 3 aromatic rings. The minimum absolute atomic E-state index is 0.0750. The van der Waals surface area contributed by atoms with Crippen LogP contribution in [-0.4, -0.2) is 15.8 Å². The van der Waals surface area contributed by atoms with E-state index >= 15 is 0 Å². The molecule has 0 fully saturated rings. The molecule has 1 N–H and O–H groups in total. The number of carbonyl (C=O) groups excluding carboxylic acids is 1. The lowest BCUT2D eigenvalue weighted by Crippen LogP contribution is -2.04. The molecular formula is C18H14ClN3OS. The number of hydrogen-bond acceptors (Lipinski definition) is 5. The average Bonchev–Trinajstić information content (AvgIpc) is 2.61. The summed E-state index contributed by atoms with van der Waals surface area (Å²) in [6.45, 7) is 1.91. The van der Waals surface area contributed by atoms with E-state index in [-0.39, 0.29) is 5.78 Å². The Morgan fingerprint density at radius 1 is 1.04 bits per heavy atom. The summed E-state index contributed by atoms with van der Waals surface area (Å²) in [5.74, 6) is 0.438. The number of anilines is 1. The SMILES string of the molecule is Cc1ccccc1C(=O)c1ccc(SNc2ncccn2)cc1Cl. The van der Waals surface area contributed by atoms with Gasteiger partial charge in [-0.15, -0.1) is 0 Å². The highest BCUT2D eigenvalue weighted by Crippen LogP contribution is 2.27. The standard InChI is InChI=1S/C18H14ClN3OS/c1-12-5-2-3-6-14(12)17(23)15-8-7-13(11-16(15)19)24-22-18-20-9-4-10-21-18/h2-11H,1H3,(H,20,21,22). The fourth-order valence-electron chi connectivity index (χ4n) is 2.17. The molecule has 0 aliphatic rings. The molecule has 0 spiro atoms. The van der Waals surface area contributed by atoms with Crippen molar-refractivity contribution in [1.82, 2.24) is 9.97 Å². The molecule has 120 valence electrons. The summed E-state index contributed by atoms with van der Waals surface area (Å²) in [6, 6.07) is 14.6.